The second-order valence-corrected chi connectivity index (χ2v) is 13.4. The smallest absolute Gasteiger partial charge is 0.0559 e. The van der Waals surface area contributed by atoms with Crippen molar-refractivity contribution in [2.45, 2.75) is 76.5 Å². The molecule has 0 aliphatic heterocycles. The van der Waals surface area contributed by atoms with Gasteiger partial charge in [-0.05, 0) is 35.3 Å². The summed E-state index contributed by atoms with van der Waals surface area (Å²) in [5, 5.41) is 0.594. The highest BCUT2D eigenvalue weighted by Crippen LogP contribution is 2.57. The molecule has 0 amide bonds. The topological polar surface area (TPSA) is 0 Å². The van der Waals surface area contributed by atoms with Crippen molar-refractivity contribution < 1.29 is 0 Å². The first-order valence-corrected chi connectivity index (χ1v) is 9.90. The fraction of sp³-hybridized carbons (Fsp3) is 1.00. The first-order valence-electron chi connectivity index (χ1n) is 6.82. The molecule has 0 aromatic heterocycles. The van der Waals surface area contributed by atoms with Crippen LogP contribution in [0.1, 0.15) is 52.9 Å². The Morgan fingerprint density at radius 3 is 1.80 bits per heavy atom. The van der Waals surface area contributed by atoms with Crippen molar-refractivity contribution in [3.8, 4) is 0 Å². The molecular weight excluding hydrogens is 196 g/mol. The van der Waals surface area contributed by atoms with Gasteiger partial charge >= 0.3 is 0 Å². The summed E-state index contributed by atoms with van der Waals surface area (Å²) in [5.41, 5.74) is 1.12. The molecule has 88 valence electrons. The number of fused-ring (bicyclic) bond motifs is 1. The van der Waals surface area contributed by atoms with Crippen LogP contribution in [0, 0.1) is 11.8 Å². The van der Waals surface area contributed by atoms with Gasteiger partial charge in [-0.2, -0.15) is 0 Å². The second-order valence-electron chi connectivity index (χ2n) is 7.59. The highest BCUT2D eigenvalue weighted by Gasteiger charge is 2.48. The third-order valence-electron chi connectivity index (χ3n) is 5.94. The second kappa shape index (κ2) is 3.61. The third-order valence-corrected chi connectivity index (χ3v) is 12.3. The molecule has 2 unspecified atom stereocenters. The molecule has 0 heterocycles. The van der Waals surface area contributed by atoms with Crippen molar-refractivity contribution in [2.75, 3.05) is 0 Å². The fourth-order valence-corrected chi connectivity index (χ4v) is 6.77. The molecule has 0 aromatic carbocycles. The molecule has 0 N–H and O–H groups in total. The standard InChI is InChI=1S/C14H28Si/c1-14(2,3)15(4,5)13-9-11-7-6-8-12(11)10-13/h11-13H,6-10H2,1-5H3. The normalized spacial score (nSPS) is 37.0. The zero-order valence-corrected chi connectivity index (χ0v) is 12.3. The van der Waals surface area contributed by atoms with E-state index in [1.54, 1.807) is 25.7 Å². The minimum Gasteiger partial charge on any atom is -0.0688 e. The van der Waals surface area contributed by atoms with E-state index in [0.29, 0.717) is 5.04 Å². The summed E-state index contributed by atoms with van der Waals surface area (Å²) < 4.78 is 0. The van der Waals surface area contributed by atoms with Gasteiger partial charge in [0.05, 0.1) is 8.07 Å². The van der Waals surface area contributed by atoms with E-state index in [1.165, 1.54) is 6.42 Å². The molecule has 2 fully saturated rings. The van der Waals surface area contributed by atoms with Crippen LogP contribution in [0.15, 0.2) is 0 Å². The van der Waals surface area contributed by atoms with Gasteiger partial charge in [0.2, 0.25) is 0 Å². The molecular formula is C14H28Si. The summed E-state index contributed by atoms with van der Waals surface area (Å²) in [6.45, 7) is 12.7. The lowest BCUT2D eigenvalue weighted by Gasteiger charge is -2.42. The lowest BCUT2D eigenvalue weighted by Crippen LogP contribution is -2.41. The third kappa shape index (κ3) is 1.92. The monoisotopic (exact) mass is 224 g/mol. The van der Waals surface area contributed by atoms with Crippen molar-refractivity contribution in [1.82, 2.24) is 0 Å². The van der Waals surface area contributed by atoms with Crippen LogP contribution >= 0.6 is 0 Å². The predicted octanol–water partition coefficient (Wildman–Crippen LogP) is 5.08. The Balaban J connectivity index is 2.07. The average Bonchev–Trinajstić information content (AvgIpc) is 2.57. The SMILES string of the molecule is CC(C)(C)[Si](C)(C)C1CC2CCCC2C1. The molecule has 2 aliphatic rings. The number of rotatable bonds is 1. The van der Waals surface area contributed by atoms with Crippen LogP contribution in [0.4, 0.5) is 0 Å². The summed E-state index contributed by atoms with van der Waals surface area (Å²) in [5.74, 6) is 2.26. The van der Waals surface area contributed by atoms with Gasteiger partial charge in [-0.25, -0.2) is 0 Å². The Bertz CT molecular complexity index is 224. The van der Waals surface area contributed by atoms with Gasteiger partial charge in [0.1, 0.15) is 0 Å². The highest BCUT2D eigenvalue weighted by molar-refractivity contribution is 6.81. The summed E-state index contributed by atoms with van der Waals surface area (Å²) in [6, 6.07) is 0. The minimum absolute atomic E-state index is 0.594. The molecule has 0 nitrogen and oxygen atoms in total. The Morgan fingerprint density at radius 2 is 1.40 bits per heavy atom. The van der Waals surface area contributed by atoms with E-state index in [-0.39, 0.29) is 0 Å². The van der Waals surface area contributed by atoms with E-state index in [0.717, 1.165) is 17.4 Å². The number of hydrogen-bond acceptors (Lipinski definition) is 0. The maximum atomic E-state index is 2.64. The van der Waals surface area contributed by atoms with Gasteiger partial charge in [-0.3, -0.25) is 0 Å². The van der Waals surface area contributed by atoms with Gasteiger partial charge in [-0.15, -0.1) is 0 Å². The summed E-state index contributed by atoms with van der Waals surface area (Å²) >= 11 is 0. The van der Waals surface area contributed by atoms with Crippen LogP contribution in [0.3, 0.4) is 0 Å². The van der Waals surface area contributed by atoms with Crippen molar-refractivity contribution in [3.05, 3.63) is 0 Å². The summed E-state index contributed by atoms with van der Waals surface area (Å²) in [4.78, 5) is 0. The van der Waals surface area contributed by atoms with Gasteiger partial charge in [0.25, 0.3) is 0 Å². The molecule has 2 atom stereocenters. The molecule has 0 radical (unpaired) electrons. The predicted molar refractivity (Wildman–Crippen MR) is 71.0 cm³/mol. The summed E-state index contributed by atoms with van der Waals surface area (Å²) in [6.07, 6.45) is 7.80. The minimum atomic E-state index is -1.04. The Labute approximate surface area is 96.9 Å². The van der Waals surface area contributed by atoms with Crippen LogP contribution in [-0.2, 0) is 0 Å². The molecule has 2 rings (SSSR count). The number of hydrogen-bond donors (Lipinski definition) is 0. The van der Waals surface area contributed by atoms with E-state index >= 15 is 0 Å². The zero-order valence-electron chi connectivity index (χ0n) is 11.3. The van der Waals surface area contributed by atoms with E-state index in [1.807, 2.05) is 0 Å². The van der Waals surface area contributed by atoms with E-state index < -0.39 is 8.07 Å². The summed E-state index contributed by atoms with van der Waals surface area (Å²) in [7, 11) is -1.04. The fourth-order valence-electron chi connectivity index (χ4n) is 3.76. The van der Waals surface area contributed by atoms with Crippen LogP contribution in [0.5, 0.6) is 0 Å². The Morgan fingerprint density at radius 1 is 0.933 bits per heavy atom. The molecule has 15 heavy (non-hydrogen) atoms. The lowest BCUT2D eigenvalue weighted by molar-refractivity contribution is 0.457. The molecule has 1 heteroatoms. The van der Waals surface area contributed by atoms with Crippen molar-refractivity contribution in [1.29, 1.82) is 0 Å². The Kier molecular flexibility index (Phi) is 2.82. The quantitative estimate of drug-likeness (QED) is 0.545. The van der Waals surface area contributed by atoms with Gasteiger partial charge in [-0.1, -0.05) is 53.1 Å². The van der Waals surface area contributed by atoms with Crippen molar-refractivity contribution in [3.63, 3.8) is 0 Å². The van der Waals surface area contributed by atoms with Gasteiger partial charge in [0, 0.05) is 0 Å². The maximum Gasteiger partial charge on any atom is 0.0559 e. The van der Waals surface area contributed by atoms with E-state index in [9.17, 15) is 0 Å². The van der Waals surface area contributed by atoms with Crippen LogP contribution in [-0.4, -0.2) is 8.07 Å². The van der Waals surface area contributed by atoms with Crippen molar-refractivity contribution in [2.24, 2.45) is 11.8 Å². The van der Waals surface area contributed by atoms with E-state index in [4.69, 9.17) is 0 Å². The van der Waals surface area contributed by atoms with Crippen LogP contribution in [0.25, 0.3) is 0 Å². The van der Waals surface area contributed by atoms with E-state index in [2.05, 4.69) is 33.9 Å². The average molecular weight is 224 g/mol. The molecule has 0 spiro atoms. The molecule has 0 saturated heterocycles. The van der Waals surface area contributed by atoms with Crippen molar-refractivity contribution >= 4 is 8.07 Å². The maximum absolute atomic E-state index is 2.64. The molecule has 0 bridgehead atoms. The molecule has 0 aromatic rings. The Hall–Kier alpha value is 0.217. The zero-order chi connectivity index (χ0) is 11.3. The van der Waals surface area contributed by atoms with Crippen LogP contribution < -0.4 is 0 Å². The van der Waals surface area contributed by atoms with Gasteiger partial charge in [0.15, 0.2) is 0 Å². The first kappa shape index (κ1) is 11.7. The molecule has 2 saturated carbocycles. The first-order chi connectivity index (χ1) is 6.82. The molecule has 2 aliphatic carbocycles. The van der Waals surface area contributed by atoms with Crippen LogP contribution in [0.2, 0.25) is 23.7 Å². The lowest BCUT2D eigenvalue weighted by atomic mass is 10.0. The largest absolute Gasteiger partial charge is 0.0688 e. The van der Waals surface area contributed by atoms with Gasteiger partial charge < -0.3 is 0 Å². The highest BCUT2D eigenvalue weighted by atomic mass is 28.3.